The van der Waals surface area contributed by atoms with Crippen molar-refractivity contribution in [1.29, 1.82) is 0 Å². The number of nitrogen functional groups attached to an aromatic ring is 1. The highest BCUT2D eigenvalue weighted by atomic mass is 16.3. The molecule has 19 heavy (non-hydrogen) atoms. The van der Waals surface area contributed by atoms with E-state index < -0.39 is 0 Å². The first-order valence-electron chi connectivity index (χ1n) is 6.89. The van der Waals surface area contributed by atoms with E-state index in [9.17, 15) is 0 Å². The summed E-state index contributed by atoms with van der Waals surface area (Å²) in [6.07, 6.45) is 2.30. The molecule has 1 aliphatic heterocycles. The van der Waals surface area contributed by atoms with Gasteiger partial charge in [0.25, 0.3) is 0 Å². The minimum Gasteiger partial charge on any atom is -0.466 e. The van der Waals surface area contributed by atoms with Crippen LogP contribution in [0.25, 0.3) is 0 Å². The third kappa shape index (κ3) is 2.60. The number of anilines is 2. The topological polar surface area (TPSA) is 42.4 Å². The Kier molecular flexibility index (Phi) is 3.20. The Morgan fingerprint density at radius 2 is 1.74 bits per heavy atom. The second kappa shape index (κ2) is 5.00. The lowest BCUT2D eigenvalue weighted by Crippen LogP contribution is -2.32. The van der Waals surface area contributed by atoms with Gasteiger partial charge < -0.3 is 15.1 Å². The van der Waals surface area contributed by atoms with E-state index in [1.54, 1.807) is 0 Å². The number of furan rings is 1. The summed E-state index contributed by atoms with van der Waals surface area (Å²) >= 11 is 0. The van der Waals surface area contributed by atoms with Crippen molar-refractivity contribution in [2.75, 3.05) is 23.7 Å². The average molecular weight is 256 g/mol. The maximum absolute atomic E-state index is 5.74. The second-order valence-electron chi connectivity index (χ2n) is 5.30. The lowest BCUT2D eigenvalue weighted by Gasteiger charge is -2.32. The average Bonchev–Trinajstić information content (AvgIpc) is 2.87. The molecule has 3 nitrogen and oxygen atoms in total. The molecule has 100 valence electrons. The van der Waals surface area contributed by atoms with Crippen molar-refractivity contribution >= 4 is 11.4 Å². The van der Waals surface area contributed by atoms with Crippen LogP contribution in [0.5, 0.6) is 0 Å². The number of hydrogen-bond acceptors (Lipinski definition) is 3. The van der Waals surface area contributed by atoms with Gasteiger partial charge in [0.05, 0.1) is 0 Å². The Hall–Kier alpha value is -1.90. The van der Waals surface area contributed by atoms with Gasteiger partial charge in [-0.05, 0) is 56.2 Å². The van der Waals surface area contributed by atoms with Crippen molar-refractivity contribution in [2.45, 2.75) is 25.7 Å². The number of piperidine rings is 1. The smallest absolute Gasteiger partial charge is 0.107 e. The molecular formula is C16H20N2O. The molecule has 0 unspecified atom stereocenters. The number of benzene rings is 1. The van der Waals surface area contributed by atoms with Gasteiger partial charge in [-0.2, -0.15) is 0 Å². The summed E-state index contributed by atoms with van der Waals surface area (Å²) in [6, 6.07) is 12.3. The molecule has 2 aromatic rings. The van der Waals surface area contributed by atoms with Gasteiger partial charge in [-0.25, -0.2) is 0 Å². The van der Waals surface area contributed by atoms with Gasteiger partial charge in [0.15, 0.2) is 0 Å². The first-order valence-corrected chi connectivity index (χ1v) is 6.89. The van der Waals surface area contributed by atoms with Gasteiger partial charge in [-0.15, -0.1) is 0 Å². The van der Waals surface area contributed by atoms with Crippen LogP contribution >= 0.6 is 0 Å². The van der Waals surface area contributed by atoms with Crippen LogP contribution in [0.4, 0.5) is 11.4 Å². The van der Waals surface area contributed by atoms with Crippen LogP contribution < -0.4 is 10.6 Å². The van der Waals surface area contributed by atoms with Gasteiger partial charge in [0, 0.05) is 30.4 Å². The Labute approximate surface area is 114 Å². The predicted molar refractivity (Wildman–Crippen MR) is 78.5 cm³/mol. The van der Waals surface area contributed by atoms with Crippen molar-refractivity contribution in [3.05, 3.63) is 47.9 Å². The number of nitrogens with zero attached hydrogens (tertiary/aromatic N) is 1. The summed E-state index contributed by atoms with van der Waals surface area (Å²) in [5.41, 5.74) is 7.82. The Balaban J connectivity index is 1.64. The number of hydrogen-bond donors (Lipinski definition) is 1. The highest BCUT2D eigenvalue weighted by molar-refractivity contribution is 5.53. The van der Waals surface area contributed by atoms with E-state index in [-0.39, 0.29) is 0 Å². The SMILES string of the molecule is Cc1ccc(C2CCN(c3ccc(N)cc3)CC2)o1. The zero-order chi connectivity index (χ0) is 13.2. The molecule has 3 rings (SSSR count). The van der Waals surface area contributed by atoms with Gasteiger partial charge in [-0.1, -0.05) is 0 Å². The Morgan fingerprint density at radius 3 is 2.32 bits per heavy atom. The zero-order valence-electron chi connectivity index (χ0n) is 11.3. The highest BCUT2D eigenvalue weighted by Gasteiger charge is 2.22. The summed E-state index contributed by atoms with van der Waals surface area (Å²) in [4.78, 5) is 2.42. The van der Waals surface area contributed by atoms with Gasteiger partial charge in [-0.3, -0.25) is 0 Å². The molecule has 0 amide bonds. The molecule has 0 bridgehead atoms. The third-order valence-electron chi connectivity index (χ3n) is 3.92. The van der Waals surface area contributed by atoms with Crippen LogP contribution in [0, 0.1) is 6.92 Å². The fourth-order valence-electron chi connectivity index (χ4n) is 2.78. The minimum absolute atomic E-state index is 0.568. The molecule has 0 spiro atoms. The van der Waals surface area contributed by atoms with Crippen LogP contribution in [-0.4, -0.2) is 13.1 Å². The van der Waals surface area contributed by atoms with E-state index in [0.29, 0.717) is 5.92 Å². The van der Waals surface area contributed by atoms with Crippen LogP contribution in [-0.2, 0) is 0 Å². The molecule has 0 saturated carbocycles. The molecule has 1 fully saturated rings. The normalized spacial score (nSPS) is 16.8. The lowest BCUT2D eigenvalue weighted by molar-refractivity contribution is 0.396. The molecule has 1 aromatic carbocycles. The molecule has 2 N–H and O–H groups in total. The van der Waals surface area contributed by atoms with Gasteiger partial charge in [0.2, 0.25) is 0 Å². The van der Waals surface area contributed by atoms with Crippen molar-refractivity contribution in [1.82, 2.24) is 0 Å². The fourth-order valence-corrected chi connectivity index (χ4v) is 2.78. The number of aryl methyl sites for hydroxylation is 1. The third-order valence-corrected chi connectivity index (χ3v) is 3.92. The van der Waals surface area contributed by atoms with E-state index in [1.165, 1.54) is 5.69 Å². The van der Waals surface area contributed by atoms with Gasteiger partial charge in [0.1, 0.15) is 11.5 Å². The minimum atomic E-state index is 0.568. The van der Waals surface area contributed by atoms with Crippen molar-refractivity contribution in [3.8, 4) is 0 Å². The molecular weight excluding hydrogens is 236 g/mol. The first kappa shape index (κ1) is 12.2. The summed E-state index contributed by atoms with van der Waals surface area (Å²) < 4.78 is 5.74. The monoisotopic (exact) mass is 256 g/mol. The molecule has 1 saturated heterocycles. The largest absolute Gasteiger partial charge is 0.466 e. The van der Waals surface area contributed by atoms with E-state index in [0.717, 1.165) is 43.1 Å². The molecule has 2 heterocycles. The molecule has 1 aliphatic rings. The lowest BCUT2D eigenvalue weighted by atomic mass is 9.94. The maximum atomic E-state index is 5.74. The summed E-state index contributed by atoms with van der Waals surface area (Å²) in [5, 5.41) is 0. The van der Waals surface area contributed by atoms with Crippen molar-refractivity contribution < 1.29 is 4.42 Å². The molecule has 0 radical (unpaired) electrons. The van der Waals surface area contributed by atoms with Crippen molar-refractivity contribution in [2.24, 2.45) is 0 Å². The van der Waals surface area contributed by atoms with E-state index >= 15 is 0 Å². The predicted octanol–water partition coefficient (Wildman–Crippen LogP) is 3.55. The first-order chi connectivity index (χ1) is 9.22. The summed E-state index contributed by atoms with van der Waals surface area (Å²) in [6.45, 7) is 4.16. The van der Waals surface area contributed by atoms with Crippen molar-refractivity contribution in [3.63, 3.8) is 0 Å². The van der Waals surface area contributed by atoms with E-state index in [2.05, 4.69) is 29.2 Å². The van der Waals surface area contributed by atoms with Crippen LogP contribution in [0.15, 0.2) is 40.8 Å². The maximum Gasteiger partial charge on any atom is 0.107 e. The quantitative estimate of drug-likeness (QED) is 0.835. The standard InChI is InChI=1S/C16H20N2O/c1-12-2-7-16(19-12)13-8-10-18(11-9-13)15-5-3-14(17)4-6-15/h2-7,13H,8-11,17H2,1H3. The van der Waals surface area contributed by atoms with Crippen LogP contribution in [0.1, 0.15) is 30.3 Å². The van der Waals surface area contributed by atoms with E-state index in [1.807, 2.05) is 19.1 Å². The fraction of sp³-hybridized carbons (Fsp3) is 0.375. The summed E-state index contributed by atoms with van der Waals surface area (Å²) in [7, 11) is 0. The highest BCUT2D eigenvalue weighted by Crippen LogP contribution is 2.31. The Morgan fingerprint density at radius 1 is 1.05 bits per heavy atom. The van der Waals surface area contributed by atoms with Crippen LogP contribution in [0.3, 0.4) is 0 Å². The zero-order valence-corrected chi connectivity index (χ0v) is 11.3. The second-order valence-corrected chi connectivity index (χ2v) is 5.30. The molecule has 3 heteroatoms. The molecule has 0 atom stereocenters. The molecule has 0 aliphatic carbocycles. The number of rotatable bonds is 2. The summed E-state index contributed by atoms with van der Waals surface area (Å²) in [5.74, 6) is 2.73. The van der Waals surface area contributed by atoms with Gasteiger partial charge >= 0.3 is 0 Å². The number of nitrogens with two attached hydrogens (primary N) is 1. The Bertz CT molecular complexity index is 536. The molecule has 1 aromatic heterocycles. The van der Waals surface area contributed by atoms with E-state index in [4.69, 9.17) is 10.2 Å². The van der Waals surface area contributed by atoms with Crippen LogP contribution in [0.2, 0.25) is 0 Å².